The Kier molecular flexibility index (Phi) is 7.35. The van der Waals surface area contributed by atoms with Crippen molar-refractivity contribution in [2.75, 3.05) is 12.3 Å². The largest absolute Gasteiger partial charge is 0.414 e. The standard InChI is InChI=1S/C22H40ClN5O4Si2/c1-21(2,3)33(7,8)30-11-13-16(32-34(9,10)22(4,5)6)15(29)19(31-13)28-12-25-14-17(23)26-20(24)27-18(14)28/h12-13,15-16,19,29H,11H2,1-10H3,(H2,24,26,27)/t13-,15-,16-,19-/m1/s1. The Bertz CT molecular complexity index is 1030. The molecule has 1 aliphatic rings. The van der Waals surface area contributed by atoms with Crippen molar-refractivity contribution < 1.29 is 18.7 Å². The van der Waals surface area contributed by atoms with Crippen LogP contribution in [0.1, 0.15) is 47.8 Å². The van der Waals surface area contributed by atoms with Gasteiger partial charge in [-0.25, -0.2) is 4.98 Å². The van der Waals surface area contributed by atoms with Crippen LogP contribution in [-0.2, 0) is 13.6 Å². The molecule has 1 fully saturated rings. The second-order valence-corrected chi connectivity index (χ2v) is 22.1. The number of anilines is 1. The lowest BCUT2D eigenvalue weighted by molar-refractivity contribution is -0.0487. The molecule has 0 radical (unpaired) electrons. The zero-order chi connectivity index (χ0) is 25.9. The van der Waals surface area contributed by atoms with Gasteiger partial charge in [0.05, 0.1) is 12.9 Å². The monoisotopic (exact) mass is 529 g/mol. The summed E-state index contributed by atoms with van der Waals surface area (Å²) >= 11 is 6.21. The van der Waals surface area contributed by atoms with E-state index in [-0.39, 0.29) is 21.2 Å². The summed E-state index contributed by atoms with van der Waals surface area (Å²) in [7, 11) is -4.27. The van der Waals surface area contributed by atoms with E-state index < -0.39 is 41.2 Å². The summed E-state index contributed by atoms with van der Waals surface area (Å²) in [5.74, 6) is 0.0265. The fourth-order valence-electron chi connectivity index (χ4n) is 3.34. The molecule has 9 nitrogen and oxygen atoms in total. The van der Waals surface area contributed by atoms with Crippen molar-refractivity contribution >= 4 is 45.3 Å². The van der Waals surface area contributed by atoms with E-state index in [4.69, 9.17) is 30.9 Å². The third-order valence-electron chi connectivity index (χ3n) is 7.63. The summed E-state index contributed by atoms with van der Waals surface area (Å²) in [5.41, 5.74) is 6.62. The minimum Gasteiger partial charge on any atom is -0.414 e. The molecule has 3 N–H and O–H groups in total. The van der Waals surface area contributed by atoms with Crippen molar-refractivity contribution in [1.82, 2.24) is 19.5 Å². The number of hydrogen-bond acceptors (Lipinski definition) is 8. The van der Waals surface area contributed by atoms with Crippen molar-refractivity contribution in [2.45, 2.75) is 102 Å². The lowest BCUT2D eigenvalue weighted by Gasteiger charge is -2.41. The second-order valence-electron chi connectivity index (χ2n) is 12.2. The summed E-state index contributed by atoms with van der Waals surface area (Å²) in [6.45, 7) is 22.2. The number of ether oxygens (including phenoxy) is 1. The maximum Gasteiger partial charge on any atom is 0.223 e. The highest BCUT2D eigenvalue weighted by Gasteiger charge is 2.51. The highest BCUT2D eigenvalue weighted by atomic mass is 35.5. The molecular formula is C22H40ClN5O4Si2. The van der Waals surface area contributed by atoms with Crippen molar-refractivity contribution in [1.29, 1.82) is 0 Å². The molecule has 0 aromatic carbocycles. The lowest BCUT2D eigenvalue weighted by atomic mass is 10.1. The molecule has 0 bridgehead atoms. The van der Waals surface area contributed by atoms with E-state index in [0.717, 1.165) is 0 Å². The van der Waals surface area contributed by atoms with Crippen molar-refractivity contribution in [3.05, 3.63) is 11.5 Å². The molecule has 4 atom stereocenters. The minimum absolute atomic E-state index is 0.0265. The van der Waals surface area contributed by atoms with Crippen LogP contribution in [0.15, 0.2) is 6.33 Å². The molecule has 3 rings (SSSR count). The van der Waals surface area contributed by atoms with Crippen LogP contribution >= 0.6 is 11.6 Å². The number of aliphatic hydroxyl groups is 1. The highest BCUT2D eigenvalue weighted by Crippen LogP contribution is 2.43. The Morgan fingerprint density at radius 2 is 1.68 bits per heavy atom. The van der Waals surface area contributed by atoms with E-state index in [1.165, 1.54) is 0 Å². The van der Waals surface area contributed by atoms with Crippen LogP contribution < -0.4 is 5.73 Å². The number of hydrogen-bond donors (Lipinski definition) is 2. The molecule has 2 aromatic heterocycles. The average molecular weight is 530 g/mol. The maximum atomic E-state index is 11.5. The van der Waals surface area contributed by atoms with Gasteiger partial charge in [0, 0.05) is 0 Å². The quantitative estimate of drug-likeness (QED) is 0.407. The third kappa shape index (κ3) is 5.20. The van der Waals surface area contributed by atoms with Gasteiger partial charge in [-0.2, -0.15) is 9.97 Å². The fraction of sp³-hybridized carbons (Fsp3) is 0.773. The molecule has 34 heavy (non-hydrogen) atoms. The average Bonchev–Trinajstić information content (AvgIpc) is 3.20. The maximum absolute atomic E-state index is 11.5. The molecule has 2 aromatic rings. The van der Waals surface area contributed by atoms with E-state index in [1.54, 1.807) is 10.9 Å². The highest BCUT2D eigenvalue weighted by molar-refractivity contribution is 6.74. The van der Waals surface area contributed by atoms with Crippen molar-refractivity contribution in [3.8, 4) is 0 Å². The van der Waals surface area contributed by atoms with Crippen LogP contribution in [0.5, 0.6) is 0 Å². The van der Waals surface area contributed by atoms with Gasteiger partial charge in [-0.3, -0.25) is 4.57 Å². The molecule has 0 unspecified atom stereocenters. The van der Waals surface area contributed by atoms with Crippen molar-refractivity contribution in [3.63, 3.8) is 0 Å². The topological polar surface area (TPSA) is 118 Å². The van der Waals surface area contributed by atoms with Crippen LogP contribution in [0.4, 0.5) is 5.95 Å². The molecule has 0 amide bonds. The van der Waals surface area contributed by atoms with Gasteiger partial charge < -0.3 is 24.4 Å². The van der Waals surface area contributed by atoms with Crippen LogP contribution in [-0.4, -0.2) is 66.2 Å². The molecule has 3 heterocycles. The Balaban J connectivity index is 1.97. The second kappa shape index (κ2) is 9.09. The summed E-state index contributed by atoms with van der Waals surface area (Å²) < 4.78 is 21.3. The zero-order valence-electron chi connectivity index (χ0n) is 22.0. The fourth-order valence-corrected chi connectivity index (χ4v) is 5.90. The number of nitrogens with two attached hydrogens (primary N) is 1. The van der Waals surface area contributed by atoms with Crippen LogP contribution in [0, 0.1) is 0 Å². The first-order valence-electron chi connectivity index (χ1n) is 11.7. The molecule has 0 spiro atoms. The third-order valence-corrected chi connectivity index (χ3v) is 16.9. The van der Waals surface area contributed by atoms with E-state index in [2.05, 4.69) is 82.7 Å². The number of halogens is 1. The number of nitrogen functional groups attached to an aromatic ring is 1. The van der Waals surface area contributed by atoms with Crippen LogP contribution in [0.25, 0.3) is 11.2 Å². The molecule has 12 heteroatoms. The minimum atomic E-state index is -2.23. The van der Waals surface area contributed by atoms with Gasteiger partial charge in [-0.15, -0.1) is 0 Å². The number of fused-ring (bicyclic) bond motifs is 1. The number of nitrogens with zero attached hydrogens (tertiary/aromatic N) is 4. The van der Waals surface area contributed by atoms with Gasteiger partial charge in [0.15, 0.2) is 33.7 Å². The Morgan fingerprint density at radius 3 is 2.24 bits per heavy atom. The first-order chi connectivity index (χ1) is 15.4. The summed E-state index contributed by atoms with van der Waals surface area (Å²) in [5, 5.41) is 11.6. The summed E-state index contributed by atoms with van der Waals surface area (Å²) in [6, 6.07) is 0. The van der Waals surface area contributed by atoms with E-state index >= 15 is 0 Å². The molecule has 192 valence electrons. The van der Waals surface area contributed by atoms with Crippen molar-refractivity contribution in [2.24, 2.45) is 0 Å². The van der Waals surface area contributed by atoms with Gasteiger partial charge >= 0.3 is 0 Å². The molecular weight excluding hydrogens is 490 g/mol. The molecule has 0 aliphatic carbocycles. The normalized spacial score (nSPS) is 24.8. The molecule has 1 saturated heterocycles. The van der Waals surface area contributed by atoms with Gasteiger partial charge in [-0.1, -0.05) is 53.1 Å². The zero-order valence-corrected chi connectivity index (χ0v) is 24.8. The van der Waals surface area contributed by atoms with E-state index in [9.17, 15) is 5.11 Å². The van der Waals surface area contributed by atoms with Gasteiger partial charge in [0.1, 0.15) is 23.8 Å². The van der Waals surface area contributed by atoms with E-state index in [0.29, 0.717) is 17.8 Å². The smallest absolute Gasteiger partial charge is 0.223 e. The number of aliphatic hydroxyl groups excluding tert-OH is 1. The Morgan fingerprint density at radius 1 is 1.09 bits per heavy atom. The van der Waals surface area contributed by atoms with Gasteiger partial charge in [-0.05, 0) is 36.3 Å². The SMILES string of the molecule is CC(C)(C)[Si](C)(C)OC[C@H]1O[C@@H](n2cnc3c(Cl)nc(N)nc32)[C@H](O)[C@@H]1O[Si](C)(C)C(C)(C)C. The Hall–Kier alpha value is -1.09. The number of imidazole rings is 1. The Labute approximate surface area is 209 Å². The van der Waals surface area contributed by atoms with E-state index in [1.807, 2.05) is 0 Å². The molecule has 1 aliphatic heterocycles. The lowest BCUT2D eigenvalue weighted by Crippen LogP contribution is -2.51. The predicted molar refractivity (Wildman–Crippen MR) is 140 cm³/mol. The number of aromatic nitrogens is 4. The summed E-state index contributed by atoms with van der Waals surface area (Å²) in [6.07, 6.45) is -1.23. The molecule has 0 saturated carbocycles. The summed E-state index contributed by atoms with van der Waals surface area (Å²) in [4.78, 5) is 12.6. The van der Waals surface area contributed by atoms with Gasteiger partial charge in [0.2, 0.25) is 5.95 Å². The van der Waals surface area contributed by atoms with Crippen LogP contribution in [0.2, 0.25) is 41.4 Å². The first-order valence-corrected chi connectivity index (χ1v) is 17.9. The first kappa shape index (κ1) is 27.5. The van der Waals surface area contributed by atoms with Gasteiger partial charge in [0.25, 0.3) is 0 Å². The number of rotatable bonds is 6. The van der Waals surface area contributed by atoms with Crippen LogP contribution in [0.3, 0.4) is 0 Å². The predicted octanol–water partition coefficient (Wildman–Crippen LogP) is 4.73.